The third-order valence-corrected chi connectivity index (χ3v) is 8.78. The number of benzene rings is 3. The molecule has 2 aromatic carbocycles. The van der Waals surface area contributed by atoms with Crippen LogP contribution in [-0.2, 0) is 20.3 Å². The maximum Gasteiger partial charge on any atom is 0.303 e. The summed E-state index contributed by atoms with van der Waals surface area (Å²) in [4.78, 5) is 10.7. The number of allylic oxidation sites excluding steroid dienone is 1. The molecule has 0 radical (unpaired) electrons. The molecular formula is C33H37N2O6S+. The molecule has 3 N–H and O–H groups in total. The molecule has 2 aromatic rings. The van der Waals surface area contributed by atoms with Crippen molar-refractivity contribution in [3.05, 3.63) is 83.0 Å². The van der Waals surface area contributed by atoms with Crippen molar-refractivity contribution in [1.82, 2.24) is 4.58 Å². The molecule has 2 aliphatic carbocycles. The quantitative estimate of drug-likeness (QED) is 0.112. The van der Waals surface area contributed by atoms with Gasteiger partial charge in [-0.25, -0.2) is 4.58 Å². The predicted octanol–water partition coefficient (Wildman–Crippen LogP) is 6.36. The van der Waals surface area contributed by atoms with Crippen LogP contribution in [0.3, 0.4) is 0 Å². The van der Waals surface area contributed by atoms with E-state index in [0.29, 0.717) is 6.42 Å². The van der Waals surface area contributed by atoms with Gasteiger partial charge in [-0.2, -0.15) is 8.42 Å². The highest BCUT2D eigenvalue weighted by Gasteiger charge is 2.31. The topological polar surface area (TPSA) is 120 Å². The highest BCUT2D eigenvalue weighted by Crippen LogP contribution is 2.41. The van der Waals surface area contributed by atoms with E-state index in [4.69, 9.17) is 9.52 Å². The van der Waals surface area contributed by atoms with Crippen LogP contribution in [-0.4, -0.2) is 37.1 Å². The SMILES string of the molecule is CC[N+](CCCCCC(=O)O)=c1ccc2cc3c(oc-2c1)C=C(Nc1ccc2cc(S(=O)(=O)O)ccc2c1)CC3(C)C. The standard InChI is InChI=1S/C33H36N2O6S/c1-4-35(15-7-5-6-8-32(36)37)27-13-10-24-18-29-31(41-30(24)20-27)19-26(21-33(29,2)3)34-25-12-9-23-17-28(42(38,39)40)14-11-22(23)16-25/h9-14,16-20H,4-8,15,21H2,1-3H3,(H2,36,37,38,39,40)/p+1. The molecule has 0 aromatic heterocycles. The van der Waals surface area contributed by atoms with Gasteiger partial charge in [0.15, 0.2) is 0 Å². The average Bonchev–Trinajstić information content (AvgIpc) is 2.92. The molecule has 3 aliphatic rings. The molecule has 0 unspecified atom stereocenters. The Balaban J connectivity index is 1.43. The van der Waals surface area contributed by atoms with Crippen LogP contribution >= 0.6 is 0 Å². The van der Waals surface area contributed by atoms with Gasteiger partial charge in [0.2, 0.25) is 5.36 Å². The van der Waals surface area contributed by atoms with Crippen LogP contribution in [0.25, 0.3) is 28.2 Å². The first-order chi connectivity index (χ1) is 19.9. The Labute approximate surface area is 246 Å². The van der Waals surface area contributed by atoms with Crippen LogP contribution in [0.5, 0.6) is 0 Å². The molecule has 0 spiro atoms. The van der Waals surface area contributed by atoms with Crippen LogP contribution < -0.4 is 15.2 Å². The molecule has 0 bridgehead atoms. The fraction of sp³-hybridized carbons (Fsp3) is 0.333. The lowest BCUT2D eigenvalue weighted by atomic mass is 9.76. The fourth-order valence-corrected chi connectivity index (χ4v) is 6.21. The molecule has 0 atom stereocenters. The summed E-state index contributed by atoms with van der Waals surface area (Å²) in [5.41, 5.74) is 3.91. The molecule has 0 fully saturated rings. The molecule has 5 rings (SSSR count). The summed E-state index contributed by atoms with van der Waals surface area (Å²) in [7, 11) is -4.26. The Morgan fingerprint density at radius 1 is 1.00 bits per heavy atom. The molecule has 9 heteroatoms. The lowest BCUT2D eigenvalue weighted by Gasteiger charge is -2.32. The van der Waals surface area contributed by atoms with E-state index in [1.54, 1.807) is 6.07 Å². The van der Waals surface area contributed by atoms with Crippen molar-refractivity contribution in [2.75, 3.05) is 18.4 Å². The first-order valence-corrected chi connectivity index (χ1v) is 15.7. The smallest absolute Gasteiger partial charge is 0.303 e. The Hall–Kier alpha value is -3.95. The van der Waals surface area contributed by atoms with Gasteiger partial charge in [-0.15, -0.1) is 0 Å². The summed E-state index contributed by atoms with van der Waals surface area (Å²) in [6.07, 6.45) is 5.56. The van der Waals surface area contributed by atoms with Gasteiger partial charge in [0.05, 0.1) is 11.0 Å². The van der Waals surface area contributed by atoms with E-state index in [1.807, 2.05) is 18.2 Å². The third-order valence-electron chi connectivity index (χ3n) is 7.93. The second-order valence-electron chi connectivity index (χ2n) is 11.6. The van der Waals surface area contributed by atoms with Crippen LogP contribution in [0.2, 0.25) is 0 Å². The molecule has 1 heterocycles. The van der Waals surface area contributed by atoms with Crippen molar-refractivity contribution in [3.63, 3.8) is 0 Å². The Morgan fingerprint density at radius 3 is 2.50 bits per heavy atom. The van der Waals surface area contributed by atoms with Crippen molar-refractivity contribution in [2.24, 2.45) is 0 Å². The zero-order chi connectivity index (χ0) is 30.1. The van der Waals surface area contributed by atoms with E-state index in [9.17, 15) is 17.8 Å². The highest BCUT2D eigenvalue weighted by atomic mass is 32.2. The number of unbranched alkanes of at least 4 members (excludes halogenated alkanes) is 2. The van der Waals surface area contributed by atoms with E-state index in [0.717, 1.165) is 82.5 Å². The lowest BCUT2D eigenvalue weighted by molar-refractivity contribution is -0.137. The van der Waals surface area contributed by atoms with E-state index in [2.05, 4.69) is 61.0 Å². The number of carbonyl (C=O) groups is 1. The average molecular weight is 590 g/mol. The Bertz CT molecular complexity index is 1840. The van der Waals surface area contributed by atoms with Gasteiger partial charge in [0.1, 0.15) is 24.6 Å². The largest absolute Gasteiger partial charge is 0.481 e. The predicted molar refractivity (Wildman–Crippen MR) is 165 cm³/mol. The summed E-state index contributed by atoms with van der Waals surface area (Å²) in [6, 6.07) is 18.8. The molecular weight excluding hydrogens is 552 g/mol. The number of carboxylic acids is 1. The van der Waals surface area contributed by atoms with Crippen LogP contribution in [0.15, 0.2) is 75.7 Å². The Kier molecular flexibility index (Phi) is 8.25. The number of fused-ring (bicyclic) bond motifs is 3. The number of rotatable bonds is 10. The number of hydrogen-bond donors (Lipinski definition) is 3. The van der Waals surface area contributed by atoms with E-state index < -0.39 is 16.1 Å². The van der Waals surface area contributed by atoms with Gasteiger partial charge in [-0.05, 0) is 78.8 Å². The summed E-state index contributed by atoms with van der Waals surface area (Å²) < 4.78 is 41.2. The second-order valence-corrected chi connectivity index (χ2v) is 13.0. The molecule has 0 saturated carbocycles. The third kappa shape index (κ3) is 6.58. The van der Waals surface area contributed by atoms with Gasteiger partial charge in [0.25, 0.3) is 10.1 Å². The van der Waals surface area contributed by atoms with Gasteiger partial charge >= 0.3 is 5.97 Å². The number of carboxylic acid groups (broad SMARTS) is 1. The van der Waals surface area contributed by atoms with Crippen molar-refractivity contribution >= 4 is 38.6 Å². The molecule has 220 valence electrons. The van der Waals surface area contributed by atoms with E-state index in [1.165, 1.54) is 12.1 Å². The summed E-state index contributed by atoms with van der Waals surface area (Å²) in [6.45, 7) is 8.23. The minimum Gasteiger partial charge on any atom is -0.481 e. The van der Waals surface area contributed by atoms with Crippen LogP contribution in [0.4, 0.5) is 5.69 Å². The zero-order valence-electron chi connectivity index (χ0n) is 24.2. The minimum absolute atomic E-state index is 0.126. The van der Waals surface area contributed by atoms with Crippen LogP contribution in [0.1, 0.15) is 64.2 Å². The molecule has 8 nitrogen and oxygen atoms in total. The van der Waals surface area contributed by atoms with Crippen LogP contribution in [0, 0.1) is 0 Å². The van der Waals surface area contributed by atoms with E-state index >= 15 is 0 Å². The lowest BCUT2D eigenvalue weighted by Crippen LogP contribution is -2.31. The highest BCUT2D eigenvalue weighted by molar-refractivity contribution is 7.85. The molecule has 42 heavy (non-hydrogen) atoms. The minimum atomic E-state index is -4.26. The molecule has 1 aliphatic heterocycles. The van der Waals surface area contributed by atoms with Gasteiger partial charge < -0.3 is 14.8 Å². The summed E-state index contributed by atoms with van der Waals surface area (Å²) in [5, 5.41) is 15.1. The summed E-state index contributed by atoms with van der Waals surface area (Å²) in [5.74, 6) is 0.879. The van der Waals surface area contributed by atoms with Crippen molar-refractivity contribution < 1.29 is 27.3 Å². The van der Waals surface area contributed by atoms with Gasteiger partial charge in [0, 0.05) is 47.5 Å². The van der Waals surface area contributed by atoms with Gasteiger partial charge in [-0.3, -0.25) is 9.35 Å². The monoisotopic (exact) mass is 589 g/mol. The molecule has 0 amide bonds. The molecule has 0 saturated heterocycles. The summed E-state index contributed by atoms with van der Waals surface area (Å²) >= 11 is 0. The zero-order valence-corrected chi connectivity index (χ0v) is 25.0. The number of hydrogen-bond acceptors (Lipinski definition) is 5. The van der Waals surface area contributed by atoms with Crippen molar-refractivity contribution in [1.29, 1.82) is 0 Å². The fourth-order valence-electron chi connectivity index (χ4n) is 5.70. The first kappa shape index (κ1) is 29.5. The first-order valence-electron chi connectivity index (χ1n) is 14.3. The Morgan fingerprint density at radius 2 is 1.76 bits per heavy atom. The number of aliphatic carboxylic acids is 1. The van der Waals surface area contributed by atoms with E-state index in [-0.39, 0.29) is 16.7 Å². The normalized spacial score (nSPS) is 15.3. The van der Waals surface area contributed by atoms with Crippen molar-refractivity contribution in [3.8, 4) is 11.3 Å². The maximum atomic E-state index is 11.5. The van der Waals surface area contributed by atoms with Gasteiger partial charge in [-0.1, -0.05) is 26.0 Å². The number of anilines is 1. The number of nitrogens with zero attached hydrogens (tertiary/aromatic N) is 1. The van der Waals surface area contributed by atoms with Crippen molar-refractivity contribution in [2.45, 2.75) is 63.2 Å². The maximum absolute atomic E-state index is 11.5. The number of nitrogens with one attached hydrogen (secondary N) is 1. The second kappa shape index (κ2) is 11.7.